The summed E-state index contributed by atoms with van der Waals surface area (Å²) in [7, 11) is 1.59. The Morgan fingerprint density at radius 2 is 2.21 bits per heavy atom. The predicted octanol–water partition coefficient (Wildman–Crippen LogP) is 2.97. The first-order valence-electron chi connectivity index (χ1n) is 7.34. The molecule has 0 bridgehead atoms. The smallest absolute Gasteiger partial charge is 0.162 e. The maximum Gasteiger partial charge on any atom is 0.162 e. The fraction of sp³-hybridized carbons (Fsp3) is 0.812. The molecule has 1 fully saturated rings. The van der Waals surface area contributed by atoms with Gasteiger partial charge in [-0.15, -0.1) is 0 Å². The third kappa shape index (κ3) is 4.43. The quantitative estimate of drug-likeness (QED) is 0.753. The Kier molecular flexibility index (Phi) is 6.73. The molecule has 0 radical (unpaired) electrons. The second kappa shape index (κ2) is 7.81. The number of aliphatic hydroxyl groups is 1. The normalized spacial score (nSPS) is 29.1. The molecule has 0 saturated heterocycles. The van der Waals surface area contributed by atoms with E-state index in [1.165, 1.54) is 5.57 Å². The zero-order chi connectivity index (χ0) is 14.4. The number of hydrogen-bond donors (Lipinski definition) is 1. The van der Waals surface area contributed by atoms with Gasteiger partial charge in [0.2, 0.25) is 0 Å². The Morgan fingerprint density at radius 3 is 2.74 bits per heavy atom. The lowest BCUT2D eigenvalue weighted by atomic mass is 9.73. The van der Waals surface area contributed by atoms with E-state index < -0.39 is 0 Å². The Balaban J connectivity index is 2.79. The zero-order valence-corrected chi connectivity index (χ0v) is 12.7. The number of allylic oxidation sites excluding steroid dienone is 1. The summed E-state index contributed by atoms with van der Waals surface area (Å²) in [5.41, 5.74) is 1.19. The Morgan fingerprint density at radius 1 is 1.53 bits per heavy atom. The van der Waals surface area contributed by atoms with Crippen LogP contribution in [0.3, 0.4) is 0 Å². The van der Waals surface area contributed by atoms with Crippen LogP contribution in [0.25, 0.3) is 0 Å². The van der Waals surface area contributed by atoms with Gasteiger partial charge in [0.1, 0.15) is 6.10 Å². The highest BCUT2D eigenvalue weighted by Gasteiger charge is 2.39. The summed E-state index contributed by atoms with van der Waals surface area (Å²) in [4.78, 5) is 11.9. The minimum absolute atomic E-state index is 0.0448. The molecule has 0 spiro atoms. The van der Waals surface area contributed by atoms with Crippen LogP contribution in [0.15, 0.2) is 11.6 Å². The van der Waals surface area contributed by atoms with Crippen LogP contribution < -0.4 is 0 Å². The summed E-state index contributed by atoms with van der Waals surface area (Å²) in [5.74, 6) is 1.05. The molecule has 3 heteroatoms. The van der Waals surface area contributed by atoms with Crippen molar-refractivity contribution in [2.24, 2.45) is 17.8 Å². The van der Waals surface area contributed by atoms with Crippen LogP contribution in [0.2, 0.25) is 0 Å². The lowest BCUT2D eigenvalue weighted by Crippen LogP contribution is -2.42. The van der Waals surface area contributed by atoms with E-state index in [-0.39, 0.29) is 30.3 Å². The Hall–Kier alpha value is -0.670. The van der Waals surface area contributed by atoms with Gasteiger partial charge in [-0.05, 0) is 38.0 Å². The molecule has 0 aliphatic heterocycles. The molecule has 1 rings (SSSR count). The molecular formula is C16H28O3. The van der Waals surface area contributed by atoms with Crippen LogP contribution in [0.5, 0.6) is 0 Å². The maximum atomic E-state index is 11.9. The first kappa shape index (κ1) is 16.4. The standard InChI is InChI=1S/C16H28O3/c1-11(2)6-5-7-12(3)15-13(10-17)8-9-14(18)16(15)19-4/h7,11,13,15-17H,5-6,8-10H2,1-4H3/t13?,15?,16-/m1/s1. The van der Waals surface area contributed by atoms with Crippen LogP contribution in [0, 0.1) is 17.8 Å². The SMILES string of the molecule is CO[C@@H]1C(=O)CCC(CO)C1C(C)=CCCC(C)C. The Labute approximate surface area is 117 Å². The van der Waals surface area contributed by atoms with E-state index >= 15 is 0 Å². The molecule has 3 atom stereocenters. The number of aliphatic hydroxyl groups excluding tert-OH is 1. The summed E-state index contributed by atoms with van der Waals surface area (Å²) in [6.07, 6.45) is 5.33. The molecule has 1 aliphatic rings. The molecule has 0 aromatic carbocycles. The number of methoxy groups -OCH3 is 1. The van der Waals surface area contributed by atoms with Gasteiger partial charge in [0.25, 0.3) is 0 Å². The molecule has 3 nitrogen and oxygen atoms in total. The van der Waals surface area contributed by atoms with E-state index in [2.05, 4.69) is 26.8 Å². The van der Waals surface area contributed by atoms with Crippen molar-refractivity contribution in [3.05, 3.63) is 11.6 Å². The van der Waals surface area contributed by atoms with Crippen LogP contribution >= 0.6 is 0 Å². The molecule has 110 valence electrons. The Bertz CT molecular complexity index is 320. The highest BCUT2D eigenvalue weighted by Crippen LogP contribution is 2.35. The monoisotopic (exact) mass is 268 g/mol. The molecule has 0 heterocycles. The fourth-order valence-corrected chi connectivity index (χ4v) is 2.97. The minimum atomic E-state index is -0.374. The second-order valence-corrected chi connectivity index (χ2v) is 6.05. The number of carbonyl (C=O) groups is 1. The van der Waals surface area contributed by atoms with Crippen LogP contribution in [-0.4, -0.2) is 30.7 Å². The first-order chi connectivity index (χ1) is 9.01. The fourth-order valence-electron chi connectivity index (χ4n) is 2.97. The third-order valence-electron chi connectivity index (χ3n) is 4.14. The molecule has 1 N–H and O–H groups in total. The van der Waals surface area contributed by atoms with E-state index in [1.807, 2.05) is 0 Å². The van der Waals surface area contributed by atoms with Crippen LogP contribution in [0.1, 0.15) is 46.5 Å². The average molecular weight is 268 g/mol. The van der Waals surface area contributed by atoms with Crippen molar-refractivity contribution in [1.82, 2.24) is 0 Å². The molecule has 0 aromatic rings. The number of ketones is 1. The second-order valence-electron chi connectivity index (χ2n) is 6.05. The van der Waals surface area contributed by atoms with Gasteiger partial charge < -0.3 is 9.84 Å². The van der Waals surface area contributed by atoms with Crippen molar-refractivity contribution < 1.29 is 14.6 Å². The largest absolute Gasteiger partial charge is 0.396 e. The van der Waals surface area contributed by atoms with Gasteiger partial charge in [-0.2, -0.15) is 0 Å². The van der Waals surface area contributed by atoms with E-state index in [4.69, 9.17) is 4.74 Å². The molecule has 1 aliphatic carbocycles. The third-order valence-corrected chi connectivity index (χ3v) is 4.14. The van der Waals surface area contributed by atoms with Crippen LogP contribution in [0.4, 0.5) is 0 Å². The zero-order valence-electron chi connectivity index (χ0n) is 12.7. The summed E-state index contributed by atoms with van der Waals surface area (Å²) >= 11 is 0. The number of Topliss-reactive ketones (excluding diaryl/α,β-unsaturated/α-hetero) is 1. The van der Waals surface area contributed by atoms with Gasteiger partial charge in [0, 0.05) is 26.1 Å². The average Bonchev–Trinajstić information content (AvgIpc) is 2.37. The number of hydrogen-bond acceptors (Lipinski definition) is 3. The van der Waals surface area contributed by atoms with E-state index in [0.29, 0.717) is 12.3 Å². The van der Waals surface area contributed by atoms with Gasteiger partial charge in [-0.3, -0.25) is 4.79 Å². The molecule has 1 saturated carbocycles. The van der Waals surface area contributed by atoms with Crippen molar-refractivity contribution in [1.29, 1.82) is 0 Å². The van der Waals surface area contributed by atoms with Gasteiger partial charge in [-0.25, -0.2) is 0 Å². The molecule has 19 heavy (non-hydrogen) atoms. The molecule has 0 amide bonds. The maximum absolute atomic E-state index is 11.9. The lowest BCUT2D eigenvalue weighted by Gasteiger charge is -2.36. The molecule has 2 unspecified atom stereocenters. The summed E-state index contributed by atoms with van der Waals surface area (Å²) in [6.45, 7) is 6.62. The number of ether oxygens (including phenoxy) is 1. The van der Waals surface area contributed by atoms with E-state index in [9.17, 15) is 9.90 Å². The van der Waals surface area contributed by atoms with Gasteiger partial charge in [0.05, 0.1) is 0 Å². The van der Waals surface area contributed by atoms with E-state index in [0.717, 1.165) is 19.3 Å². The summed E-state index contributed by atoms with van der Waals surface area (Å²) in [6, 6.07) is 0. The van der Waals surface area contributed by atoms with Gasteiger partial charge in [-0.1, -0.05) is 25.5 Å². The van der Waals surface area contributed by atoms with Gasteiger partial charge >= 0.3 is 0 Å². The minimum Gasteiger partial charge on any atom is -0.396 e. The van der Waals surface area contributed by atoms with E-state index in [1.54, 1.807) is 7.11 Å². The molecular weight excluding hydrogens is 240 g/mol. The van der Waals surface area contributed by atoms with Crippen molar-refractivity contribution in [2.75, 3.05) is 13.7 Å². The van der Waals surface area contributed by atoms with Crippen LogP contribution in [-0.2, 0) is 9.53 Å². The predicted molar refractivity (Wildman–Crippen MR) is 76.9 cm³/mol. The summed E-state index contributed by atoms with van der Waals surface area (Å²) < 4.78 is 5.40. The number of carbonyl (C=O) groups excluding carboxylic acids is 1. The topological polar surface area (TPSA) is 46.5 Å². The van der Waals surface area contributed by atoms with Crippen molar-refractivity contribution in [3.8, 4) is 0 Å². The van der Waals surface area contributed by atoms with Crippen molar-refractivity contribution in [3.63, 3.8) is 0 Å². The lowest BCUT2D eigenvalue weighted by molar-refractivity contribution is -0.137. The van der Waals surface area contributed by atoms with Crippen molar-refractivity contribution in [2.45, 2.75) is 52.6 Å². The van der Waals surface area contributed by atoms with Gasteiger partial charge in [0.15, 0.2) is 5.78 Å². The highest BCUT2D eigenvalue weighted by molar-refractivity contribution is 5.84. The summed E-state index contributed by atoms with van der Waals surface area (Å²) in [5, 5.41) is 9.53. The first-order valence-corrected chi connectivity index (χ1v) is 7.34. The molecule has 0 aromatic heterocycles. The number of rotatable bonds is 6. The van der Waals surface area contributed by atoms with Crippen molar-refractivity contribution >= 4 is 5.78 Å². The highest BCUT2D eigenvalue weighted by atomic mass is 16.5.